The largest absolute Gasteiger partial charge is 0.507 e. The number of carbonyl (C=O) groups excluding carboxylic acids is 2. The molecule has 4 nitrogen and oxygen atoms in total. The molecule has 0 spiro atoms. The SMILES string of the molecule is O=C(c1ccccc1)c1ccc2c(-c3c(O)ccc4cc(C(=O)c5ccccc5)ccc34)c(O)ccc2c1. The number of phenols is 2. The Morgan fingerprint density at radius 1 is 0.421 bits per heavy atom. The molecule has 0 bridgehead atoms. The number of rotatable bonds is 5. The van der Waals surface area contributed by atoms with Crippen LogP contribution >= 0.6 is 0 Å². The van der Waals surface area contributed by atoms with Crippen LogP contribution in [0.25, 0.3) is 32.7 Å². The number of fused-ring (bicyclic) bond motifs is 2. The highest BCUT2D eigenvalue weighted by atomic mass is 16.3. The lowest BCUT2D eigenvalue weighted by Gasteiger charge is -2.15. The normalized spacial score (nSPS) is 11.1. The van der Waals surface area contributed by atoms with Gasteiger partial charge in [0.05, 0.1) is 0 Å². The van der Waals surface area contributed by atoms with Crippen LogP contribution in [-0.4, -0.2) is 21.8 Å². The summed E-state index contributed by atoms with van der Waals surface area (Å²) in [7, 11) is 0. The highest BCUT2D eigenvalue weighted by Crippen LogP contribution is 2.45. The van der Waals surface area contributed by atoms with Crippen molar-refractivity contribution in [3.05, 3.63) is 144 Å². The molecule has 0 atom stereocenters. The average molecular weight is 495 g/mol. The van der Waals surface area contributed by atoms with Crippen molar-refractivity contribution in [2.45, 2.75) is 0 Å². The maximum atomic E-state index is 13.0. The summed E-state index contributed by atoms with van der Waals surface area (Å²) in [4.78, 5) is 26.0. The number of phenolic OH excluding ortho intramolecular Hbond substituents is 2. The minimum Gasteiger partial charge on any atom is -0.507 e. The number of aromatic hydroxyl groups is 2. The molecule has 0 saturated carbocycles. The molecule has 0 aliphatic heterocycles. The first-order valence-electron chi connectivity index (χ1n) is 12.2. The van der Waals surface area contributed by atoms with Gasteiger partial charge in [-0.3, -0.25) is 9.59 Å². The molecule has 182 valence electrons. The van der Waals surface area contributed by atoms with Crippen molar-refractivity contribution < 1.29 is 19.8 Å². The molecular formula is C34H22O4. The van der Waals surface area contributed by atoms with E-state index in [2.05, 4.69) is 0 Å². The molecule has 0 radical (unpaired) electrons. The molecule has 0 aliphatic rings. The van der Waals surface area contributed by atoms with Crippen molar-refractivity contribution in [1.82, 2.24) is 0 Å². The predicted molar refractivity (Wildman–Crippen MR) is 150 cm³/mol. The Morgan fingerprint density at radius 3 is 1.21 bits per heavy atom. The molecule has 2 N–H and O–H groups in total. The average Bonchev–Trinajstić information content (AvgIpc) is 2.97. The van der Waals surface area contributed by atoms with Gasteiger partial charge < -0.3 is 10.2 Å². The van der Waals surface area contributed by atoms with Gasteiger partial charge in [-0.1, -0.05) is 97.1 Å². The zero-order chi connectivity index (χ0) is 26.2. The number of ketones is 2. The summed E-state index contributed by atoms with van der Waals surface area (Å²) in [5.74, 6) is -0.171. The summed E-state index contributed by atoms with van der Waals surface area (Å²) in [6.07, 6.45) is 0. The van der Waals surface area contributed by atoms with Crippen molar-refractivity contribution in [3.63, 3.8) is 0 Å². The van der Waals surface area contributed by atoms with Crippen LogP contribution < -0.4 is 0 Å². The topological polar surface area (TPSA) is 74.6 Å². The van der Waals surface area contributed by atoms with E-state index < -0.39 is 0 Å². The monoisotopic (exact) mass is 494 g/mol. The summed E-state index contributed by atoms with van der Waals surface area (Å²) < 4.78 is 0. The minimum absolute atomic E-state index is 0.00637. The Kier molecular flexibility index (Phi) is 5.70. The van der Waals surface area contributed by atoms with Crippen LogP contribution in [0.5, 0.6) is 11.5 Å². The summed E-state index contributed by atoms with van der Waals surface area (Å²) >= 11 is 0. The van der Waals surface area contributed by atoms with Crippen LogP contribution in [0.4, 0.5) is 0 Å². The quantitative estimate of drug-likeness (QED) is 0.243. The summed E-state index contributed by atoms with van der Waals surface area (Å²) in [5.41, 5.74) is 3.19. The maximum absolute atomic E-state index is 13.0. The lowest BCUT2D eigenvalue weighted by molar-refractivity contribution is 0.103. The van der Waals surface area contributed by atoms with Crippen molar-refractivity contribution in [1.29, 1.82) is 0 Å². The van der Waals surface area contributed by atoms with Gasteiger partial charge in [0, 0.05) is 33.4 Å². The van der Waals surface area contributed by atoms with Crippen LogP contribution in [0.2, 0.25) is 0 Å². The fourth-order valence-corrected chi connectivity index (χ4v) is 4.96. The number of benzene rings is 6. The van der Waals surface area contributed by atoms with E-state index in [1.54, 1.807) is 84.9 Å². The molecule has 0 aliphatic carbocycles. The van der Waals surface area contributed by atoms with E-state index in [1.165, 1.54) is 0 Å². The van der Waals surface area contributed by atoms with Crippen LogP contribution in [0.3, 0.4) is 0 Å². The van der Waals surface area contributed by atoms with E-state index in [0.29, 0.717) is 44.2 Å². The second-order valence-electron chi connectivity index (χ2n) is 9.18. The third-order valence-corrected chi connectivity index (χ3v) is 6.84. The summed E-state index contributed by atoms with van der Waals surface area (Å²) in [5, 5.41) is 24.8. The molecule has 0 saturated heterocycles. The second kappa shape index (κ2) is 9.34. The molecule has 0 heterocycles. The van der Waals surface area contributed by atoms with Crippen LogP contribution in [0.15, 0.2) is 121 Å². The number of hydrogen-bond acceptors (Lipinski definition) is 4. The van der Waals surface area contributed by atoms with Crippen LogP contribution in [0.1, 0.15) is 31.8 Å². The lowest BCUT2D eigenvalue weighted by atomic mass is 9.90. The van der Waals surface area contributed by atoms with E-state index in [9.17, 15) is 19.8 Å². The van der Waals surface area contributed by atoms with Crippen molar-refractivity contribution in [2.75, 3.05) is 0 Å². The molecule has 0 fully saturated rings. The minimum atomic E-state index is -0.0919. The fourth-order valence-electron chi connectivity index (χ4n) is 4.96. The first-order chi connectivity index (χ1) is 18.5. The Bertz CT molecular complexity index is 1720. The van der Waals surface area contributed by atoms with Gasteiger partial charge in [0.2, 0.25) is 0 Å². The van der Waals surface area contributed by atoms with E-state index in [0.717, 1.165) is 10.8 Å². The molecule has 0 unspecified atom stereocenters. The zero-order valence-corrected chi connectivity index (χ0v) is 20.3. The smallest absolute Gasteiger partial charge is 0.193 e. The standard InChI is InChI=1S/C34H22O4/c35-29-17-13-23-19-25(33(37)21-7-3-1-4-8-21)11-15-27(23)31(29)32-28-16-12-26(20-24(28)14-18-30(32)36)34(38)22-9-5-2-6-10-22/h1-20,35-36H. The molecule has 0 amide bonds. The third kappa shape index (κ3) is 3.98. The van der Waals surface area contributed by atoms with E-state index in [-0.39, 0.29) is 23.1 Å². The molecule has 6 rings (SSSR count). The first-order valence-corrected chi connectivity index (χ1v) is 12.2. The zero-order valence-electron chi connectivity index (χ0n) is 20.3. The van der Waals surface area contributed by atoms with Gasteiger partial charge >= 0.3 is 0 Å². The van der Waals surface area contributed by atoms with E-state index in [4.69, 9.17) is 0 Å². The molecule has 0 aromatic heterocycles. The summed E-state index contributed by atoms with van der Waals surface area (Å²) in [6, 6.07) is 35.5. The Labute approximate surface area is 219 Å². The third-order valence-electron chi connectivity index (χ3n) is 6.84. The Morgan fingerprint density at radius 2 is 0.816 bits per heavy atom. The van der Waals surface area contributed by atoms with Crippen LogP contribution in [-0.2, 0) is 0 Å². The van der Waals surface area contributed by atoms with Crippen molar-refractivity contribution in [3.8, 4) is 22.6 Å². The van der Waals surface area contributed by atoms with Gasteiger partial charge in [-0.2, -0.15) is 0 Å². The second-order valence-corrected chi connectivity index (χ2v) is 9.18. The van der Waals surface area contributed by atoms with Gasteiger partial charge in [0.15, 0.2) is 11.6 Å². The molecule has 6 aromatic rings. The Hall–Kier alpha value is -5.22. The van der Waals surface area contributed by atoms with Crippen molar-refractivity contribution in [2.24, 2.45) is 0 Å². The van der Waals surface area contributed by atoms with Gasteiger partial charge in [0.25, 0.3) is 0 Å². The summed E-state index contributed by atoms with van der Waals surface area (Å²) in [6.45, 7) is 0. The highest BCUT2D eigenvalue weighted by Gasteiger charge is 2.19. The molecule has 38 heavy (non-hydrogen) atoms. The first kappa shape index (κ1) is 23.2. The number of hydrogen-bond donors (Lipinski definition) is 2. The number of carbonyl (C=O) groups is 2. The van der Waals surface area contributed by atoms with Crippen molar-refractivity contribution >= 4 is 33.1 Å². The fraction of sp³-hybridized carbons (Fsp3) is 0. The lowest BCUT2D eigenvalue weighted by Crippen LogP contribution is -2.01. The highest BCUT2D eigenvalue weighted by molar-refractivity contribution is 6.15. The van der Waals surface area contributed by atoms with E-state index >= 15 is 0 Å². The predicted octanol–water partition coefficient (Wildman–Crippen LogP) is 7.53. The Balaban J connectivity index is 1.49. The maximum Gasteiger partial charge on any atom is 0.193 e. The van der Waals surface area contributed by atoms with E-state index in [1.807, 2.05) is 36.4 Å². The van der Waals surface area contributed by atoms with Gasteiger partial charge in [0.1, 0.15) is 11.5 Å². The molecule has 4 heteroatoms. The van der Waals surface area contributed by atoms with Gasteiger partial charge in [-0.15, -0.1) is 0 Å². The van der Waals surface area contributed by atoms with Gasteiger partial charge in [-0.25, -0.2) is 0 Å². The van der Waals surface area contributed by atoms with Gasteiger partial charge in [-0.05, 0) is 45.8 Å². The molecule has 6 aromatic carbocycles. The molecular weight excluding hydrogens is 472 g/mol. The van der Waals surface area contributed by atoms with Crippen LogP contribution in [0, 0.1) is 0 Å².